The Bertz CT molecular complexity index is 1190. The minimum Gasteiger partial charge on any atom is -1.00 e. The fraction of sp³-hybridized carbons (Fsp3) is 0. The molecule has 0 bridgehead atoms. The SMILES string of the molecule is [H-].[K+].[Ru].c1ccc([PH+](c2ccccc2)c2ccccc2)cc1.c1ccc([PH+](c2ccccc2)c2ccccc2)cc1. The van der Waals surface area contributed by atoms with Crippen molar-refractivity contribution in [3.05, 3.63) is 182 Å². The zero-order chi connectivity index (χ0) is 25.8. The van der Waals surface area contributed by atoms with E-state index in [1.54, 1.807) is 0 Å². The summed E-state index contributed by atoms with van der Waals surface area (Å²) in [7, 11) is -1.75. The summed E-state index contributed by atoms with van der Waals surface area (Å²) in [4.78, 5) is 0. The summed E-state index contributed by atoms with van der Waals surface area (Å²) in [5.41, 5.74) is 0. The first-order valence-electron chi connectivity index (χ1n) is 13.0. The topological polar surface area (TPSA) is 0 Å². The van der Waals surface area contributed by atoms with E-state index in [9.17, 15) is 0 Å². The van der Waals surface area contributed by atoms with Crippen LogP contribution in [-0.4, -0.2) is 0 Å². The minimum atomic E-state index is -0.877. The third-order valence-corrected chi connectivity index (χ3v) is 11.8. The van der Waals surface area contributed by atoms with Gasteiger partial charge in [-0.05, 0) is 72.8 Å². The summed E-state index contributed by atoms with van der Waals surface area (Å²) in [5, 5.41) is 8.61. The molecule has 0 saturated carbocycles. The van der Waals surface area contributed by atoms with Gasteiger partial charge in [-0.1, -0.05) is 109 Å². The van der Waals surface area contributed by atoms with Gasteiger partial charge in [0.25, 0.3) is 0 Å². The summed E-state index contributed by atoms with van der Waals surface area (Å²) in [5.74, 6) is 0. The molecule has 0 aliphatic heterocycles. The van der Waals surface area contributed by atoms with Crippen molar-refractivity contribution in [2.24, 2.45) is 0 Å². The average Bonchev–Trinajstić information content (AvgIpc) is 3.01. The van der Waals surface area contributed by atoms with Crippen LogP contribution in [0.2, 0.25) is 0 Å². The van der Waals surface area contributed by atoms with E-state index >= 15 is 0 Å². The molecule has 6 aromatic rings. The van der Waals surface area contributed by atoms with E-state index in [1.165, 1.54) is 31.8 Å². The van der Waals surface area contributed by atoms with E-state index in [0.717, 1.165) is 0 Å². The first kappa shape index (κ1) is 32.9. The van der Waals surface area contributed by atoms with Crippen molar-refractivity contribution in [3.63, 3.8) is 0 Å². The molecule has 0 N–H and O–H groups in total. The molecule has 0 fully saturated rings. The van der Waals surface area contributed by atoms with Gasteiger partial charge in [0.15, 0.2) is 0 Å². The van der Waals surface area contributed by atoms with E-state index in [2.05, 4.69) is 182 Å². The van der Waals surface area contributed by atoms with E-state index in [-0.39, 0.29) is 72.3 Å². The number of hydrogen-bond donors (Lipinski definition) is 0. The van der Waals surface area contributed by atoms with Gasteiger partial charge in [0.05, 0.1) is 15.8 Å². The van der Waals surface area contributed by atoms with Crippen LogP contribution in [0.5, 0.6) is 0 Å². The Balaban J connectivity index is 0.000000267. The molecule has 0 atom stereocenters. The van der Waals surface area contributed by atoms with Gasteiger partial charge in [0.2, 0.25) is 0 Å². The maximum absolute atomic E-state index is 2.24. The van der Waals surface area contributed by atoms with Gasteiger partial charge >= 0.3 is 51.4 Å². The normalized spacial score (nSPS) is 10.1. The molecule has 0 saturated heterocycles. The maximum atomic E-state index is 2.24. The second-order valence-corrected chi connectivity index (χ2v) is 13.9. The molecule has 6 aromatic carbocycles. The monoisotopic (exact) mass is 668 g/mol. The fourth-order valence-corrected chi connectivity index (χ4v) is 9.78. The molecular formula is C36H33KP2Ru+2. The summed E-state index contributed by atoms with van der Waals surface area (Å²) < 4.78 is 0. The Morgan fingerprint density at radius 2 is 0.375 bits per heavy atom. The largest absolute Gasteiger partial charge is 1.00 e. The Kier molecular flexibility index (Phi) is 14.9. The fourth-order valence-electron chi connectivity index (χ4n) is 4.63. The van der Waals surface area contributed by atoms with Crippen LogP contribution >= 0.6 is 15.8 Å². The maximum Gasteiger partial charge on any atom is 1.00 e. The van der Waals surface area contributed by atoms with Crippen molar-refractivity contribution in [1.82, 2.24) is 0 Å². The predicted molar refractivity (Wildman–Crippen MR) is 174 cm³/mol. The number of hydrogen-bond acceptors (Lipinski definition) is 0. The molecule has 0 spiro atoms. The number of benzene rings is 6. The first-order chi connectivity index (χ1) is 18.9. The Labute approximate surface area is 298 Å². The smallest absolute Gasteiger partial charge is 1.00 e. The summed E-state index contributed by atoms with van der Waals surface area (Å²) in [6.07, 6.45) is 0. The van der Waals surface area contributed by atoms with Crippen molar-refractivity contribution in [3.8, 4) is 0 Å². The van der Waals surface area contributed by atoms with Crippen LogP contribution < -0.4 is 83.2 Å². The molecule has 194 valence electrons. The summed E-state index contributed by atoms with van der Waals surface area (Å²) in [6.45, 7) is 0. The minimum absolute atomic E-state index is 0. The Morgan fingerprint density at radius 3 is 0.500 bits per heavy atom. The summed E-state index contributed by atoms with van der Waals surface area (Å²) in [6, 6.07) is 65.0. The molecule has 4 heteroatoms. The molecule has 0 radical (unpaired) electrons. The van der Waals surface area contributed by atoms with Crippen molar-refractivity contribution < 1.29 is 72.3 Å². The molecule has 0 amide bonds. The van der Waals surface area contributed by atoms with Crippen LogP contribution in [0.3, 0.4) is 0 Å². The Hall–Kier alpha value is -1.56. The number of rotatable bonds is 6. The molecule has 0 nitrogen and oxygen atoms in total. The summed E-state index contributed by atoms with van der Waals surface area (Å²) >= 11 is 0. The second kappa shape index (κ2) is 18.1. The molecule has 0 heterocycles. The van der Waals surface area contributed by atoms with Crippen LogP contribution in [0.15, 0.2) is 182 Å². The van der Waals surface area contributed by atoms with Gasteiger partial charge in [-0.25, -0.2) is 0 Å². The quantitative estimate of drug-likeness (QED) is 0.189. The zero-order valence-electron chi connectivity index (χ0n) is 23.7. The molecular weight excluding hydrogens is 635 g/mol. The van der Waals surface area contributed by atoms with Gasteiger partial charge in [-0.15, -0.1) is 0 Å². The molecule has 0 aliphatic rings. The van der Waals surface area contributed by atoms with Crippen molar-refractivity contribution in [1.29, 1.82) is 0 Å². The first-order valence-corrected chi connectivity index (χ1v) is 16.0. The zero-order valence-corrected chi connectivity index (χ0v) is 29.5. The Morgan fingerprint density at radius 1 is 0.250 bits per heavy atom. The van der Waals surface area contributed by atoms with E-state index < -0.39 is 15.8 Å². The van der Waals surface area contributed by atoms with E-state index in [4.69, 9.17) is 0 Å². The van der Waals surface area contributed by atoms with Crippen molar-refractivity contribution >= 4 is 47.7 Å². The van der Waals surface area contributed by atoms with Crippen LogP contribution in [-0.2, 0) is 19.5 Å². The van der Waals surface area contributed by atoms with Gasteiger partial charge < -0.3 is 1.43 Å². The predicted octanol–water partition coefficient (Wildman–Crippen LogP) is 3.47. The van der Waals surface area contributed by atoms with Crippen LogP contribution in [0.1, 0.15) is 1.43 Å². The molecule has 40 heavy (non-hydrogen) atoms. The molecule has 0 aromatic heterocycles. The standard InChI is InChI=1S/2C18H15P.K.Ru.H/c2*1-4-10-16(11-5-1)19(17-12-6-2-7-13-17)18-14-8-3-9-15-18;;;/h2*1-15H;;;/q;;+1;;-1/p+2. The van der Waals surface area contributed by atoms with Crippen LogP contribution in [0.25, 0.3) is 0 Å². The van der Waals surface area contributed by atoms with Gasteiger partial charge in [0, 0.05) is 19.5 Å². The van der Waals surface area contributed by atoms with E-state index in [0.29, 0.717) is 0 Å². The third-order valence-electron chi connectivity index (χ3n) is 6.37. The van der Waals surface area contributed by atoms with Crippen molar-refractivity contribution in [2.75, 3.05) is 0 Å². The molecule has 0 unspecified atom stereocenters. The average molecular weight is 668 g/mol. The second-order valence-electron chi connectivity index (χ2n) is 8.95. The van der Waals surface area contributed by atoms with Crippen LogP contribution in [0.4, 0.5) is 0 Å². The molecule has 6 rings (SSSR count). The van der Waals surface area contributed by atoms with Gasteiger partial charge in [-0.2, -0.15) is 0 Å². The van der Waals surface area contributed by atoms with Crippen LogP contribution in [0, 0.1) is 0 Å². The third kappa shape index (κ3) is 9.22. The molecule has 0 aliphatic carbocycles. The van der Waals surface area contributed by atoms with E-state index in [1.807, 2.05) is 0 Å². The van der Waals surface area contributed by atoms with Gasteiger partial charge in [0.1, 0.15) is 31.8 Å². The van der Waals surface area contributed by atoms with Crippen molar-refractivity contribution in [2.45, 2.75) is 0 Å². The van der Waals surface area contributed by atoms with Gasteiger partial charge in [-0.3, -0.25) is 0 Å².